The molecule has 2 aromatic rings. The monoisotopic (exact) mass is 354 g/mol. The van der Waals surface area contributed by atoms with Crippen molar-refractivity contribution in [1.82, 2.24) is 0 Å². The van der Waals surface area contributed by atoms with Gasteiger partial charge in [-0.3, -0.25) is 9.59 Å². The highest BCUT2D eigenvalue weighted by molar-refractivity contribution is 5.93. The molecule has 2 rings (SSSR count). The van der Waals surface area contributed by atoms with Crippen LogP contribution in [-0.4, -0.2) is 18.4 Å². The van der Waals surface area contributed by atoms with Crippen molar-refractivity contribution in [3.63, 3.8) is 0 Å². The Balaban J connectivity index is 1.81. The summed E-state index contributed by atoms with van der Waals surface area (Å²) in [5.74, 6) is 0.453. The molecule has 0 aliphatic carbocycles. The maximum atomic E-state index is 12.0. The fourth-order valence-electron chi connectivity index (χ4n) is 2.41. The molecule has 2 aromatic carbocycles. The number of rotatable bonds is 6. The van der Waals surface area contributed by atoms with E-state index in [0.29, 0.717) is 18.0 Å². The first kappa shape index (κ1) is 19.5. The van der Waals surface area contributed by atoms with E-state index in [-0.39, 0.29) is 23.7 Å². The van der Waals surface area contributed by atoms with Crippen molar-refractivity contribution in [2.24, 2.45) is 0 Å². The molecule has 0 aliphatic heterocycles. The molecule has 0 radical (unpaired) electrons. The highest BCUT2D eigenvalue weighted by Crippen LogP contribution is 2.24. The summed E-state index contributed by atoms with van der Waals surface area (Å²) >= 11 is 0. The average Bonchev–Trinajstić information content (AvgIpc) is 2.54. The quantitative estimate of drug-likeness (QED) is 0.810. The minimum atomic E-state index is -0.153. The summed E-state index contributed by atoms with van der Waals surface area (Å²) in [5.41, 5.74) is 2.62. The lowest BCUT2D eigenvalue weighted by atomic mass is 9.87. The van der Waals surface area contributed by atoms with Gasteiger partial charge in [0.2, 0.25) is 11.8 Å². The molecule has 0 aromatic heterocycles. The van der Waals surface area contributed by atoms with E-state index in [9.17, 15) is 9.59 Å². The van der Waals surface area contributed by atoms with Gasteiger partial charge in [0.05, 0.1) is 13.0 Å². The van der Waals surface area contributed by atoms with Crippen molar-refractivity contribution in [2.75, 3.05) is 17.2 Å². The van der Waals surface area contributed by atoms with Crippen LogP contribution in [0.1, 0.15) is 39.7 Å². The van der Waals surface area contributed by atoms with E-state index >= 15 is 0 Å². The summed E-state index contributed by atoms with van der Waals surface area (Å²) in [6.07, 6.45) is 0.241. The second-order valence-electron chi connectivity index (χ2n) is 7.18. The van der Waals surface area contributed by atoms with Crippen LogP contribution in [0, 0.1) is 0 Å². The van der Waals surface area contributed by atoms with E-state index in [4.69, 9.17) is 4.74 Å². The van der Waals surface area contributed by atoms with Crippen molar-refractivity contribution in [1.29, 1.82) is 0 Å². The lowest BCUT2D eigenvalue weighted by Crippen LogP contribution is -2.15. The maximum Gasteiger partial charge on any atom is 0.227 e. The van der Waals surface area contributed by atoms with Crippen molar-refractivity contribution >= 4 is 23.2 Å². The molecule has 0 fully saturated rings. The van der Waals surface area contributed by atoms with Gasteiger partial charge in [-0.2, -0.15) is 0 Å². The molecule has 0 bridgehead atoms. The van der Waals surface area contributed by atoms with E-state index in [1.807, 2.05) is 24.3 Å². The van der Waals surface area contributed by atoms with Crippen LogP contribution in [0.5, 0.6) is 5.75 Å². The van der Waals surface area contributed by atoms with Crippen LogP contribution in [-0.2, 0) is 15.0 Å². The normalized spacial score (nSPS) is 10.9. The molecule has 0 spiro atoms. The molecule has 0 heterocycles. The Morgan fingerprint density at radius 3 is 2.15 bits per heavy atom. The van der Waals surface area contributed by atoms with Gasteiger partial charge in [0, 0.05) is 18.3 Å². The van der Waals surface area contributed by atoms with Gasteiger partial charge in [0.25, 0.3) is 0 Å². The Morgan fingerprint density at radius 2 is 1.58 bits per heavy atom. The van der Waals surface area contributed by atoms with E-state index < -0.39 is 0 Å². The van der Waals surface area contributed by atoms with E-state index in [1.165, 1.54) is 12.5 Å². The minimum Gasteiger partial charge on any atom is -0.493 e. The summed E-state index contributed by atoms with van der Waals surface area (Å²) in [6, 6.07) is 15.0. The molecule has 2 N–H and O–H groups in total. The van der Waals surface area contributed by atoms with Crippen LogP contribution in [0.15, 0.2) is 48.5 Å². The Labute approximate surface area is 154 Å². The van der Waals surface area contributed by atoms with Gasteiger partial charge in [-0.1, -0.05) is 39.0 Å². The van der Waals surface area contributed by atoms with Crippen LogP contribution in [0.4, 0.5) is 11.4 Å². The van der Waals surface area contributed by atoms with Gasteiger partial charge in [0.15, 0.2) is 0 Å². The van der Waals surface area contributed by atoms with Crippen molar-refractivity contribution in [2.45, 2.75) is 39.5 Å². The van der Waals surface area contributed by atoms with Crippen molar-refractivity contribution in [3.8, 4) is 5.75 Å². The third-order valence-corrected chi connectivity index (χ3v) is 3.78. The van der Waals surface area contributed by atoms with Crippen LogP contribution in [0.3, 0.4) is 0 Å². The Kier molecular flexibility index (Phi) is 6.39. The summed E-state index contributed by atoms with van der Waals surface area (Å²) in [6.45, 7) is 8.22. The first-order chi connectivity index (χ1) is 12.2. The SMILES string of the molecule is CC(=O)Nc1cccc(NC(=O)CCOc2ccc(C(C)(C)C)cc2)c1. The second-order valence-corrected chi connectivity index (χ2v) is 7.18. The van der Waals surface area contributed by atoms with Crippen LogP contribution in [0.2, 0.25) is 0 Å². The zero-order valence-corrected chi connectivity index (χ0v) is 15.8. The largest absolute Gasteiger partial charge is 0.493 e. The average molecular weight is 354 g/mol. The third kappa shape index (κ3) is 6.24. The topological polar surface area (TPSA) is 67.4 Å². The number of anilines is 2. The fourth-order valence-corrected chi connectivity index (χ4v) is 2.41. The summed E-state index contributed by atoms with van der Waals surface area (Å²) in [5, 5.41) is 5.48. The second kappa shape index (κ2) is 8.52. The van der Waals surface area contributed by atoms with Gasteiger partial charge in [-0.15, -0.1) is 0 Å². The van der Waals surface area contributed by atoms with E-state index in [2.05, 4.69) is 31.4 Å². The number of benzene rings is 2. The molecule has 26 heavy (non-hydrogen) atoms. The number of carbonyl (C=O) groups is 2. The molecule has 0 atom stereocenters. The smallest absolute Gasteiger partial charge is 0.227 e. The van der Waals surface area contributed by atoms with Crippen molar-refractivity contribution < 1.29 is 14.3 Å². The first-order valence-electron chi connectivity index (χ1n) is 8.65. The Morgan fingerprint density at radius 1 is 0.962 bits per heavy atom. The molecule has 0 saturated heterocycles. The third-order valence-electron chi connectivity index (χ3n) is 3.78. The van der Waals surface area contributed by atoms with Gasteiger partial charge in [0.1, 0.15) is 5.75 Å². The van der Waals surface area contributed by atoms with Gasteiger partial charge in [-0.05, 0) is 41.3 Å². The summed E-state index contributed by atoms with van der Waals surface area (Å²) < 4.78 is 5.64. The number of nitrogens with one attached hydrogen (secondary N) is 2. The highest BCUT2D eigenvalue weighted by Gasteiger charge is 2.13. The zero-order valence-electron chi connectivity index (χ0n) is 15.8. The number of ether oxygens (including phenoxy) is 1. The predicted molar refractivity (Wildman–Crippen MR) is 105 cm³/mol. The zero-order chi connectivity index (χ0) is 19.2. The predicted octanol–water partition coefficient (Wildman–Crippen LogP) is 4.35. The molecule has 2 amide bonds. The number of hydrogen-bond donors (Lipinski definition) is 2. The van der Waals surface area contributed by atoms with Gasteiger partial charge >= 0.3 is 0 Å². The van der Waals surface area contributed by atoms with Crippen molar-refractivity contribution in [3.05, 3.63) is 54.1 Å². The first-order valence-corrected chi connectivity index (χ1v) is 8.65. The molecular formula is C21H26N2O3. The molecule has 5 heteroatoms. The minimum absolute atomic E-state index is 0.101. The van der Waals surface area contributed by atoms with Crippen LogP contribution in [0.25, 0.3) is 0 Å². The summed E-state index contributed by atoms with van der Waals surface area (Å²) in [7, 11) is 0. The molecule has 0 saturated carbocycles. The molecule has 5 nitrogen and oxygen atoms in total. The number of carbonyl (C=O) groups excluding carboxylic acids is 2. The Bertz CT molecular complexity index is 762. The maximum absolute atomic E-state index is 12.0. The van der Waals surface area contributed by atoms with Crippen LogP contribution < -0.4 is 15.4 Å². The lowest BCUT2D eigenvalue weighted by molar-refractivity contribution is -0.116. The lowest BCUT2D eigenvalue weighted by Gasteiger charge is -2.19. The van der Waals surface area contributed by atoms with E-state index in [0.717, 1.165) is 5.75 Å². The molecule has 0 unspecified atom stereocenters. The molecular weight excluding hydrogens is 328 g/mol. The molecule has 0 aliphatic rings. The van der Waals surface area contributed by atoms with Gasteiger partial charge < -0.3 is 15.4 Å². The highest BCUT2D eigenvalue weighted by atomic mass is 16.5. The van der Waals surface area contributed by atoms with E-state index in [1.54, 1.807) is 24.3 Å². The van der Waals surface area contributed by atoms with Crippen LogP contribution >= 0.6 is 0 Å². The fraction of sp³-hybridized carbons (Fsp3) is 0.333. The standard InChI is InChI=1S/C21H26N2O3/c1-15(24)22-17-6-5-7-18(14-17)23-20(25)12-13-26-19-10-8-16(9-11-19)21(2,3)4/h5-11,14H,12-13H2,1-4H3,(H,22,24)(H,23,25). The number of hydrogen-bond acceptors (Lipinski definition) is 3. The number of amides is 2. The molecule has 138 valence electrons. The Hall–Kier alpha value is -2.82. The summed E-state index contributed by atoms with van der Waals surface area (Å²) in [4.78, 5) is 23.1. The van der Waals surface area contributed by atoms with Gasteiger partial charge in [-0.25, -0.2) is 0 Å².